The fourth-order valence-corrected chi connectivity index (χ4v) is 2.63. The van der Waals surface area contributed by atoms with Crippen LogP contribution < -0.4 is 5.32 Å². The third-order valence-electron chi connectivity index (χ3n) is 2.39. The molecule has 0 saturated carbocycles. The van der Waals surface area contributed by atoms with Gasteiger partial charge in [-0.2, -0.15) is 0 Å². The van der Waals surface area contributed by atoms with Crippen LogP contribution in [-0.2, 0) is 9.53 Å². The van der Waals surface area contributed by atoms with Crippen LogP contribution in [0.3, 0.4) is 0 Å². The minimum Gasteiger partial charge on any atom is -0.464 e. The number of benzene rings is 1. The fourth-order valence-electron chi connectivity index (χ4n) is 1.56. The van der Waals surface area contributed by atoms with E-state index in [1.54, 1.807) is 13.1 Å². The molecule has 2 rings (SSSR count). The molecule has 0 aliphatic rings. The van der Waals surface area contributed by atoms with E-state index in [2.05, 4.69) is 26.2 Å². The fraction of sp³-hybridized carbons (Fsp3) is 0.231. The largest absolute Gasteiger partial charge is 0.464 e. The first-order valence-electron chi connectivity index (χ1n) is 5.79. The number of carbonyl (C=O) groups is 1. The summed E-state index contributed by atoms with van der Waals surface area (Å²) in [5, 5.41) is 5.69. The van der Waals surface area contributed by atoms with E-state index < -0.39 is 6.04 Å². The van der Waals surface area contributed by atoms with Gasteiger partial charge >= 0.3 is 5.97 Å². The summed E-state index contributed by atoms with van der Waals surface area (Å²) in [7, 11) is 0. The Morgan fingerprint density at radius 2 is 2.32 bits per heavy atom. The molecule has 1 aromatic carbocycles. The number of hydrogen-bond donors (Lipinski definition) is 1. The van der Waals surface area contributed by atoms with Crippen molar-refractivity contribution in [1.29, 1.82) is 0 Å². The molecule has 0 bridgehead atoms. The topological polar surface area (TPSA) is 51.2 Å². The molecule has 100 valence electrons. The number of aromatic nitrogens is 1. The number of nitrogens with zero attached hydrogens (tertiary/aromatic N) is 1. The van der Waals surface area contributed by atoms with Gasteiger partial charge in [-0.05, 0) is 35.0 Å². The molecule has 0 fully saturated rings. The Bertz CT molecular complexity index is 545. The van der Waals surface area contributed by atoms with E-state index in [4.69, 9.17) is 4.74 Å². The molecule has 6 heteroatoms. The molecule has 1 aromatic heterocycles. The molecule has 0 spiro atoms. The molecule has 0 amide bonds. The Hall–Kier alpha value is -1.40. The van der Waals surface area contributed by atoms with Gasteiger partial charge in [0.05, 0.1) is 6.61 Å². The van der Waals surface area contributed by atoms with Gasteiger partial charge in [-0.1, -0.05) is 12.1 Å². The summed E-state index contributed by atoms with van der Waals surface area (Å²) < 4.78 is 5.98. The molecule has 0 saturated heterocycles. The molecule has 2 aromatic rings. The molecule has 0 aliphatic carbocycles. The normalized spacial score (nSPS) is 11.9. The number of nitrogens with one attached hydrogen (secondary N) is 1. The molecule has 4 nitrogen and oxygen atoms in total. The molecule has 19 heavy (non-hydrogen) atoms. The van der Waals surface area contributed by atoms with Crippen LogP contribution in [0.25, 0.3) is 0 Å². The summed E-state index contributed by atoms with van der Waals surface area (Å²) in [6, 6.07) is 7.03. The number of rotatable bonds is 5. The Morgan fingerprint density at radius 3 is 2.95 bits per heavy atom. The lowest BCUT2D eigenvalue weighted by Crippen LogP contribution is -2.23. The number of esters is 1. The van der Waals surface area contributed by atoms with E-state index in [-0.39, 0.29) is 5.97 Å². The van der Waals surface area contributed by atoms with Crippen LogP contribution in [0.2, 0.25) is 0 Å². The van der Waals surface area contributed by atoms with Crippen molar-refractivity contribution in [3.63, 3.8) is 0 Å². The van der Waals surface area contributed by atoms with Gasteiger partial charge in [0.15, 0.2) is 6.04 Å². The van der Waals surface area contributed by atoms with Crippen LogP contribution in [-0.4, -0.2) is 17.6 Å². The maximum absolute atomic E-state index is 12.0. The summed E-state index contributed by atoms with van der Waals surface area (Å²) in [4.78, 5) is 16.2. The van der Waals surface area contributed by atoms with Crippen LogP contribution >= 0.6 is 27.3 Å². The Labute approximate surface area is 124 Å². The molecule has 0 radical (unpaired) electrons. The van der Waals surface area contributed by atoms with Crippen LogP contribution in [0.15, 0.2) is 40.3 Å². The average Bonchev–Trinajstić information content (AvgIpc) is 2.91. The number of halogens is 1. The zero-order valence-electron chi connectivity index (χ0n) is 10.3. The van der Waals surface area contributed by atoms with E-state index >= 15 is 0 Å². The summed E-state index contributed by atoms with van der Waals surface area (Å²) in [5.41, 5.74) is 0.829. The lowest BCUT2D eigenvalue weighted by molar-refractivity contribution is -0.144. The monoisotopic (exact) mass is 340 g/mol. The maximum atomic E-state index is 12.0. The highest BCUT2D eigenvalue weighted by atomic mass is 79.9. The first-order chi connectivity index (χ1) is 9.22. The van der Waals surface area contributed by atoms with Crippen molar-refractivity contribution in [1.82, 2.24) is 4.98 Å². The lowest BCUT2D eigenvalue weighted by Gasteiger charge is -2.17. The van der Waals surface area contributed by atoms with Crippen LogP contribution in [0.5, 0.6) is 0 Å². The third-order valence-corrected chi connectivity index (χ3v) is 3.93. The highest BCUT2D eigenvalue weighted by Gasteiger charge is 2.24. The highest BCUT2D eigenvalue weighted by Crippen LogP contribution is 2.27. The predicted molar refractivity (Wildman–Crippen MR) is 79.3 cm³/mol. The molecular formula is C13H13BrN2O2S. The number of hydrogen-bond acceptors (Lipinski definition) is 5. The van der Waals surface area contributed by atoms with Gasteiger partial charge in [-0.25, -0.2) is 9.78 Å². The van der Waals surface area contributed by atoms with Gasteiger partial charge in [-0.3, -0.25) is 0 Å². The minimum atomic E-state index is -0.585. The van der Waals surface area contributed by atoms with Gasteiger partial charge in [-0.15, -0.1) is 11.3 Å². The number of thiazole rings is 1. The van der Waals surface area contributed by atoms with E-state index in [1.807, 2.05) is 29.6 Å². The smallest absolute Gasteiger partial charge is 0.335 e. The van der Waals surface area contributed by atoms with Gasteiger partial charge in [0, 0.05) is 21.7 Å². The second-order valence-electron chi connectivity index (χ2n) is 3.68. The van der Waals surface area contributed by atoms with Crippen molar-refractivity contribution in [2.45, 2.75) is 13.0 Å². The summed E-state index contributed by atoms with van der Waals surface area (Å²) in [5.74, 6) is -0.326. The van der Waals surface area contributed by atoms with Crippen molar-refractivity contribution < 1.29 is 9.53 Å². The van der Waals surface area contributed by atoms with Crippen LogP contribution in [0.1, 0.15) is 18.0 Å². The van der Waals surface area contributed by atoms with Crippen molar-refractivity contribution in [2.75, 3.05) is 11.9 Å². The van der Waals surface area contributed by atoms with Gasteiger partial charge < -0.3 is 10.1 Å². The lowest BCUT2D eigenvalue weighted by atomic mass is 10.2. The average molecular weight is 341 g/mol. The van der Waals surface area contributed by atoms with E-state index in [1.165, 1.54) is 11.3 Å². The first-order valence-corrected chi connectivity index (χ1v) is 7.46. The second kappa shape index (κ2) is 6.68. The van der Waals surface area contributed by atoms with Crippen molar-refractivity contribution in [3.8, 4) is 0 Å². The standard InChI is InChI=1S/C13H13BrN2O2S/c1-2-18-13(17)11(12-15-7-8-19-12)16-10-6-4-3-5-9(10)14/h3-8,11,16H,2H2,1H3. The maximum Gasteiger partial charge on any atom is 0.335 e. The molecule has 1 N–H and O–H groups in total. The predicted octanol–water partition coefficient (Wildman–Crippen LogP) is 3.62. The van der Waals surface area contributed by atoms with Crippen molar-refractivity contribution in [3.05, 3.63) is 45.3 Å². The molecular weight excluding hydrogens is 328 g/mol. The zero-order chi connectivity index (χ0) is 13.7. The Kier molecular flexibility index (Phi) is 4.93. The summed E-state index contributed by atoms with van der Waals surface area (Å²) in [6.07, 6.45) is 1.67. The second-order valence-corrected chi connectivity index (χ2v) is 5.46. The summed E-state index contributed by atoms with van der Waals surface area (Å²) >= 11 is 4.87. The van der Waals surface area contributed by atoms with Gasteiger partial charge in [0.1, 0.15) is 5.01 Å². The van der Waals surface area contributed by atoms with Crippen molar-refractivity contribution in [2.24, 2.45) is 0 Å². The SMILES string of the molecule is CCOC(=O)C(Nc1ccccc1Br)c1nccs1. The van der Waals surface area contributed by atoms with Crippen LogP contribution in [0.4, 0.5) is 5.69 Å². The van der Waals surface area contributed by atoms with E-state index in [0.29, 0.717) is 11.6 Å². The van der Waals surface area contributed by atoms with Crippen molar-refractivity contribution >= 4 is 38.9 Å². The van der Waals surface area contributed by atoms with Gasteiger partial charge in [0.2, 0.25) is 0 Å². The number of anilines is 1. The molecule has 0 aliphatic heterocycles. The Morgan fingerprint density at radius 1 is 1.53 bits per heavy atom. The number of carbonyl (C=O) groups excluding carboxylic acids is 1. The number of ether oxygens (including phenoxy) is 1. The zero-order valence-corrected chi connectivity index (χ0v) is 12.7. The number of para-hydroxylation sites is 1. The van der Waals surface area contributed by atoms with E-state index in [0.717, 1.165) is 10.2 Å². The first kappa shape index (κ1) is 14.0. The molecule has 1 heterocycles. The quantitative estimate of drug-likeness (QED) is 0.844. The minimum absolute atomic E-state index is 0.326. The summed E-state index contributed by atoms with van der Waals surface area (Å²) in [6.45, 7) is 2.13. The van der Waals surface area contributed by atoms with Gasteiger partial charge in [0.25, 0.3) is 0 Å². The highest BCUT2D eigenvalue weighted by molar-refractivity contribution is 9.10. The molecule has 1 unspecified atom stereocenters. The Balaban J connectivity index is 2.24. The third kappa shape index (κ3) is 3.54. The van der Waals surface area contributed by atoms with Crippen LogP contribution in [0, 0.1) is 0 Å². The molecule has 1 atom stereocenters. The van der Waals surface area contributed by atoms with E-state index in [9.17, 15) is 4.79 Å².